The van der Waals surface area contributed by atoms with Crippen LogP contribution in [-0.4, -0.2) is 35.3 Å². The van der Waals surface area contributed by atoms with Crippen LogP contribution in [0.25, 0.3) is 16.9 Å². The van der Waals surface area contributed by atoms with Crippen molar-refractivity contribution in [2.24, 2.45) is 0 Å². The Morgan fingerprint density at radius 2 is 1.91 bits per heavy atom. The third-order valence-corrected chi connectivity index (χ3v) is 5.06. The number of benzene rings is 1. The highest BCUT2D eigenvalue weighted by Gasteiger charge is 2.16. The molecule has 5 rings (SSSR count). The number of hydrogen-bond donors (Lipinski definition) is 2. The number of hydrogen-bond acceptors (Lipinski definition) is 7. The Morgan fingerprint density at radius 1 is 1.09 bits per heavy atom. The molecule has 4 heterocycles. The van der Waals surface area contributed by atoms with Gasteiger partial charge in [-0.25, -0.2) is 4.79 Å². The molecular weight excluding hydrogens is 426 g/mol. The van der Waals surface area contributed by atoms with E-state index in [1.54, 1.807) is 40.9 Å². The summed E-state index contributed by atoms with van der Waals surface area (Å²) in [5.41, 5.74) is 1.13. The summed E-state index contributed by atoms with van der Waals surface area (Å²) < 4.78 is 7.75. The summed E-state index contributed by atoms with van der Waals surface area (Å²) in [5, 5.41) is 15.2. The quantitative estimate of drug-likeness (QED) is 0.422. The molecule has 0 aliphatic carbocycles. The van der Waals surface area contributed by atoms with E-state index in [2.05, 4.69) is 25.6 Å². The van der Waals surface area contributed by atoms with Crippen LogP contribution in [0.3, 0.4) is 0 Å². The maximum Gasteiger partial charge on any atom is 0.328 e. The minimum atomic E-state index is -0.717. The molecule has 0 spiro atoms. The Bertz CT molecular complexity index is 1580. The van der Waals surface area contributed by atoms with E-state index in [-0.39, 0.29) is 12.1 Å². The normalized spacial score (nSPS) is 11.1. The van der Waals surface area contributed by atoms with Crippen molar-refractivity contribution in [2.75, 3.05) is 5.32 Å². The van der Waals surface area contributed by atoms with E-state index in [0.29, 0.717) is 28.6 Å². The van der Waals surface area contributed by atoms with E-state index in [0.717, 1.165) is 16.3 Å². The SMILES string of the molecule is Cc1nnc2ccc(-c3ccc(NC(=O)c4c[nH]c(=O)n(Cc5ccco5)c4=O)cc3)nn12. The van der Waals surface area contributed by atoms with E-state index in [1.807, 2.05) is 19.1 Å². The summed E-state index contributed by atoms with van der Waals surface area (Å²) in [7, 11) is 0. The van der Waals surface area contributed by atoms with Gasteiger partial charge in [0.05, 0.1) is 18.5 Å². The van der Waals surface area contributed by atoms with Gasteiger partial charge in [-0.2, -0.15) is 9.61 Å². The predicted molar refractivity (Wildman–Crippen MR) is 118 cm³/mol. The number of carbonyl (C=O) groups excluding carboxylic acids is 1. The van der Waals surface area contributed by atoms with Gasteiger partial charge in [0.25, 0.3) is 11.5 Å². The molecule has 2 N–H and O–H groups in total. The molecule has 11 nitrogen and oxygen atoms in total. The molecule has 164 valence electrons. The fourth-order valence-corrected chi connectivity index (χ4v) is 3.35. The molecule has 0 saturated heterocycles. The van der Waals surface area contributed by atoms with Crippen LogP contribution in [0.4, 0.5) is 5.69 Å². The number of aryl methyl sites for hydroxylation is 1. The highest BCUT2D eigenvalue weighted by atomic mass is 16.3. The van der Waals surface area contributed by atoms with Gasteiger partial charge in [0.15, 0.2) is 11.5 Å². The summed E-state index contributed by atoms with van der Waals surface area (Å²) in [4.78, 5) is 39.9. The monoisotopic (exact) mass is 443 g/mol. The van der Waals surface area contributed by atoms with Gasteiger partial charge in [0.1, 0.15) is 11.3 Å². The largest absolute Gasteiger partial charge is 0.467 e. The summed E-state index contributed by atoms with van der Waals surface area (Å²) in [6, 6.07) is 13.9. The second-order valence-corrected chi connectivity index (χ2v) is 7.25. The molecule has 0 bridgehead atoms. The van der Waals surface area contributed by atoms with Gasteiger partial charge in [-0.15, -0.1) is 10.2 Å². The van der Waals surface area contributed by atoms with Gasteiger partial charge >= 0.3 is 5.69 Å². The fraction of sp³-hybridized carbons (Fsp3) is 0.0909. The maximum absolute atomic E-state index is 12.7. The number of carbonyl (C=O) groups is 1. The molecule has 0 saturated carbocycles. The van der Waals surface area contributed by atoms with Crippen LogP contribution in [0.2, 0.25) is 0 Å². The van der Waals surface area contributed by atoms with E-state index in [9.17, 15) is 14.4 Å². The number of H-pyrrole nitrogens is 1. The molecule has 4 aromatic heterocycles. The van der Waals surface area contributed by atoms with E-state index in [4.69, 9.17) is 4.42 Å². The van der Waals surface area contributed by atoms with E-state index >= 15 is 0 Å². The number of rotatable bonds is 5. The van der Waals surface area contributed by atoms with Crippen LogP contribution < -0.4 is 16.6 Å². The zero-order chi connectivity index (χ0) is 22.9. The molecule has 0 unspecified atom stereocenters. The predicted octanol–water partition coefficient (Wildman–Crippen LogP) is 1.84. The molecule has 0 atom stereocenters. The number of anilines is 1. The molecule has 1 amide bonds. The minimum Gasteiger partial charge on any atom is -0.467 e. The summed E-state index contributed by atoms with van der Waals surface area (Å²) >= 11 is 0. The highest BCUT2D eigenvalue weighted by molar-refractivity contribution is 6.03. The van der Waals surface area contributed by atoms with Gasteiger partial charge in [-0.05, 0) is 43.3 Å². The first-order chi connectivity index (χ1) is 16.0. The van der Waals surface area contributed by atoms with Gasteiger partial charge in [0.2, 0.25) is 0 Å². The number of aromatic amines is 1. The van der Waals surface area contributed by atoms with Gasteiger partial charge in [0, 0.05) is 17.4 Å². The zero-order valence-electron chi connectivity index (χ0n) is 17.3. The molecule has 0 fully saturated rings. The lowest BCUT2D eigenvalue weighted by Crippen LogP contribution is -2.39. The Kier molecular flexibility index (Phi) is 4.90. The van der Waals surface area contributed by atoms with Crippen LogP contribution in [0, 0.1) is 6.92 Å². The Morgan fingerprint density at radius 3 is 2.67 bits per heavy atom. The van der Waals surface area contributed by atoms with E-state index in [1.165, 1.54) is 6.26 Å². The number of nitrogens with one attached hydrogen (secondary N) is 2. The second-order valence-electron chi connectivity index (χ2n) is 7.25. The summed E-state index contributed by atoms with van der Waals surface area (Å²) in [6.45, 7) is 1.73. The third-order valence-electron chi connectivity index (χ3n) is 5.06. The lowest BCUT2D eigenvalue weighted by Gasteiger charge is -2.08. The van der Waals surface area contributed by atoms with Crippen LogP contribution in [0.1, 0.15) is 21.9 Å². The van der Waals surface area contributed by atoms with Gasteiger partial charge in [-0.3, -0.25) is 14.2 Å². The van der Waals surface area contributed by atoms with Crippen LogP contribution in [0.15, 0.2) is 75.0 Å². The van der Waals surface area contributed by atoms with Gasteiger partial charge in [-0.1, -0.05) is 12.1 Å². The Hall–Kier alpha value is -4.80. The maximum atomic E-state index is 12.7. The Balaban J connectivity index is 1.37. The first kappa shape index (κ1) is 20.1. The number of nitrogens with zero attached hydrogens (tertiary/aromatic N) is 5. The first-order valence-corrected chi connectivity index (χ1v) is 9.95. The van der Waals surface area contributed by atoms with E-state index < -0.39 is 17.2 Å². The zero-order valence-corrected chi connectivity index (χ0v) is 17.3. The standard InChI is InChI=1S/C22H17N7O4/c1-13-25-26-19-9-8-18(27-29(13)19)14-4-6-15(7-5-14)24-20(30)17-11-23-22(32)28(21(17)31)12-16-3-2-10-33-16/h2-11H,12H2,1H3,(H,23,32)(H,24,30). The van der Waals surface area contributed by atoms with Crippen molar-refractivity contribution in [3.05, 3.63) is 99.0 Å². The number of fused-ring (bicyclic) bond motifs is 1. The van der Waals surface area contributed by atoms with Crippen molar-refractivity contribution >= 4 is 17.2 Å². The van der Waals surface area contributed by atoms with Crippen molar-refractivity contribution in [3.8, 4) is 11.3 Å². The number of aromatic nitrogens is 6. The second kappa shape index (κ2) is 8.04. The molecule has 0 aliphatic heterocycles. The first-order valence-electron chi connectivity index (χ1n) is 9.95. The van der Waals surface area contributed by atoms with Crippen LogP contribution >= 0.6 is 0 Å². The summed E-state index contributed by atoms with van der Waals surface area (Å²) in [6.07, 6.45) is 2.55. The minimum absolute atomic E-state index is 0.0831. The average Bonchev–Trinajstić information content (AvgIpc) is 3.47. The van der Waals surface area contributed by atoms with Crippen molar-refractivity contribution in [2.45, 2.75) is 13.5 Å². The van der Waals surface area contributed by atoms with Crippen molar-refractivity contribution in [3.63, 3.8) is 0 Å². The molecule has 33 heavy (non-hydrogen) atoms. The molecule has 11 heteroatoms. The molecular formula is C22H17N7O4. The number of furan rings is 1. The third kappa shape index (κ3) is 3.82. The van der Waals surface area contributed by atoms with Crippen molar-refractivity contribution < 1.29 is 9.21 Å². The molecule has 0 aliphatic rings. The average molecular weight is 443 g/mol. The molecule has 0 radical (unpaired) electrons. The number of amides is 1. The van der Waals surface area contributed by atoms with Crippen molar-refractivity contribution in [1.82, 2.24) is 29.4 Å². The highest BCUT2D eigenvalue weighted by Crippen LogP contribution is 2.20. The van der Waals surface area contributed by atoms with Crippen LogP contribution in [-0.2, 0) is 6.54 Å². The lowest BCUT2D eigenvalue weighted by molar-refractivity contribution is 0.102. The Labute approximate surface area is 185 Å². The molecule has 5 aromatic rings. The van der Waals surface area contributed by atoms with Gasteiger partial charge < -0.3 is 14.7 Å². The van der Waals surface area contributed by atoms with Crippen molar-refractivity contribution in [1.29, 1.82) is 0 Å². The topological polar surface area (TPSA) is 140 Å². The molecule has 1 aromatic carbocycles. The fourth-order valence-electron chi connectivity index (χ4n) is 3.35. The lowest BCUT2D eigenvalue weighted by atomic mass is 10.1. The summed E-state index contributed by atoms with van der Waals surface area (Å²) in [5.74, 6) is 0.454. The smallest absolute Gasteiger partial charge is 0.328 e. The van der Waals surface area contributed by atoms with Crippen LogP contribution in [0.5, 0.6) is 0 Å².